The van der Waals surface area contributed by atoms with E-state index in [2.05, 4.69) is 26.0 Å². The van der Waals surface area contributed by atoms with Crippen LogP contribution >= 0.6 is 27.5 Å². The van der Waals surface area contributed by atoms with Crippen LogP contribution in [0.4, 0.5) is 14.5 Å². The molecule has 0 aromatic heterocycles. The number of alkyl halides is 2. The lowest BCUT2D eigenvalue weighted by molar-refractivity contribution is -0.0498. The Morgan fingerprint density at radius 2 is 1.86 bits per heavy atom. The number of carbonyl (C=O) groups is 1. The summed E-state index contributed by atoms with van der Waals surface area (Å²) in [6, 6.07) is 10.5. The first-order chi connectivity index (χ1) is 9.95. The number of hydrogen-bond donors (Lipinski definition) is 1. The van der Waals surface area contributed by atoms with Crippen LogP contribution in [-0.4, -0.2) is 12.5 Å². The molecule has 0 fully saturated rings. The number of benzene rings is 2. The minimum atomic E-state index is -2.88. The quantitative estimate of drug-likeness (QED) is 0.819. The first-order valence-corrected chi connectivity index (χ1v) is 6.94. The van der Waals surface area contributed by atoms with Crippen molar-refractivity contribution >= 4 is 39.1 Å². The Kier molecular flexibility index (Phi) is 5.14. The van der Waals surface area contributed by atoms with Gasteiger partial charge in [0.2, 0.25) is 0 Å². The van der Waals surface area contributed by atoms with Crippen molar-refractivity contribution in [2.75, 3.05) is 5.32 Å². The van der Waals surface area contributed by atoms with E-state index in [0.29, 0.717) is 16.3 Å². The molecule has 1 N–H and O–H groups in total. The smallest absolute Gasteiger partial charge is 0.387 e. The maximum Gasteiger partial charge on any atom is 0.387 e. The van der Waals surface area contributed by atoms with Gasteiger partial charge >= 0.3 is 6.61 Å². The van der Waals surface area contributed by atoms with Gasteiger partial charge in [-0.15, -0.1) is 0 Å². The molecule has 1 amide bonds. The molecule has 7 heteroatoms. The largest absolute Gasteiger partial charge is 0.435 e. The predicted molar refractivity (Wildman–Crippen MR) is 80.2 cm³/mol. The van der Waals surface area contributed by atoms with E-state index < -0.39 is 12.5 Å². The Hall–Kier alpha value is -1.66. The zero-order chi connectivity index (χ0) is 15.4. The van der Waals surface area contributed by atoms with Crippen LogP contribution in [-0.2, 0) is 0 Å². The highest BCUT2D eigenvalue weighted by Gasteiger charge is 2.11. The molecule has 2 aromatic rings. The number of rotatable bonds is 4. The van der Waals surface area contributed by atoms with Gasteiger partial charge in [-0.25, -0.2) is 0 Å². The molecule has 2 aromatic carbocycles. The molecular weight excluding hydrogens is 368 g/mol. The van der Waals surface area contributed by atoms with Gasteiger partial charge in [0.15, 0.2) is 0 Å². The first-order valence-electron chi connectivity index (χ1n) is 5.77. The molecule has 0 aliphatic carbocycles. The molecule has 2 rings (SSSR count). The number of halogens is 4. The van der Waals surface area contributed by atoms with Gasteiger partial charge in [0.1, 0.15) is 5.75 Å². The highest BCUT2D eigenvalue weighted by molar-refractivity contribution is 9.10. The van der Waals surface area contributed by atoms with Crippen molar-refractivity contribution in [3.8, 4) is 5.75 Å². The summed E-state index contributed by atoms with van der Waals surface area (Å²) in [4.78, 5) is 12.1. The summed E-state index contributed by atoms with van der Waals surface area (Å²) in [6.45, 7) is -2.88. The number of ether oxygens (including phenoxy) is 1. The van der Waals surface area contributed by atoms with Gasteiger partial charge < -0.3 is 10.1 Å². The number of carbonyl (C=O) groups excluding carboxylic acids is 1. The van der Waals surface area contributed by atoms with Crippen LogP contribution in [0.25, 0.3) is 0 Å². The van der Waals surface area contributed by atoms with Crippen molar-refractivity contribution in [2.24, 2.45) is 0 Å². The Morgan fingerprint density at radius 3 is 2.48 bits per heavy atom. The number of amides is 1. The normalized spacial score (nSPS) is 10.5. The fourth-order valence-corrected chi connectivity index (χ4v) is 2.15. The molecule has 0 spiro atoms. The van der Waals surface area contributed by atoms with Gasteiger partial charge in [-0.1, -0.05) is 27.5 Å². The second-order valence-electron chi connectivity index (χ2n) is 3.98. The minimum Gasteiger partial charge on any atom is -0.435 e. The third-order valence-corrected chi connectivity index (χ3v) is 3.33. The summed E-state index contributed by atoms with van der Waals surface area (Å²) in [5, 5.41) is 2.93. The van der Waals surface area contributed by atoms with E-state index >= 15 is 0 Å². The molecule has 0 saturated heterocycles. The second-order valence-corrected chi connectivity index (χ2v) is 5.30. The summed E-state index contributed by atoms with van der Waals surface area (Å²) in [6.07, 6.45) is 0. The molecule has 0 unspecified atom stereocenters. The monoisotopic (exact) mass is 375 g/mol. The van der Waals surface area contributed by atoms with Crippen molar-refractivity contribution in [3.05, 3.63) is 57.5 Å². The van der Waals surface area contributed by atoms with Crippen molar-refractivity contribution in [3.63, 3.8) is 0 Å². The van der Waals surface area contributed by atoms with E-state index in [1.165, 1.54) is 24.3 Å². The van der Waals surface area contributed by atoms with Crippen LogP contribution in [0.5, 0.6) is 5.75 Å². The molecule has 110 valence electrons. The van der Waals surface area contributed by atoms with E-state index in [9.17, 15) is 13.6 Å². The van der Waals surface area contributed by atoms with Crippen molar-refractivity contribution < 1.29 is 18.3 Å². The lowest BCUT2D eigenvalue weighted by Gasteiger charge is -2.08. The number of anilines is 1. The second kappa shape index (κ2) is 6.87. The fraction of sp³-hybridized carbons (Fsp3) is 0.0714. The lowest BCUT2D eigenvalue weighted by Crippen LogP contribution is -2.12. The number of nitrogens with one attached hydrogen (secondary N) is 1. The summed E-state index contributed by atoms with van der Waals surface area (Å²) in [5.41, 5.74) is 0.747. The van der Waals surface area contributed by atoms with Crippen LogP contribution < -0.4 is 10.1 Å². The van der Waals surface area contributed by atoms with Gasteiger partial charge in [0, 0.05) is 10.2 Å². The zero-order valence-corrected chi connectivity index (χ0v) is 12.8. The van der Waals surface area contributed by atoms with Crippen LogP contribution in [0.1, 0.15) is 10.4 Å². The van der Waals surface area contributed by atoms with E-state index in [0.717, 1.165) is 4.47 Å². The van der Waals surface area contributed by atoms with E-state index in [-0.39, 0.29) is 5.75 Å². The Bertz CT molecular complexity index is 650. The average molecular weight is 377 g/mol. The van der Waals surface area contributed by atoms with Crippen LogP contribution in [0.15, 0.2) is 46.9 Å². The molecule has 3 nitrogen and oxygen atoms in total. The van der Waals surface area contributed by atoms with Gasteiger partial charge in [-0.2, -0.15) is 8.78 Å². The van der Waals surface area contributed by atoms with Gasteiger partial charge in [-0.05, 0) is 42.5 Å². The predicted octanol–water partition coefficient (Wildman–Crippen LogP) is 4.96. The summed E-state index contributed by atoms with van der Waals surface area (Å²) in [5.74, 6) is -0.382. The minimum absolute atomic E-state index is 0.0171. The first kappa shape index (κ1) is 15.7. The van der Waals surface area contributed by atoms with Crippen LogP contribution in [0.3, 0.4) is 0 Å². The standard InChI is InChI=1S/C14H9BrClF2NO2/c15-8-1-6-12(16)11(7-8)13(20)19-9-2-4-10(5-3-9)21-14(17)18/h1-7,14H,(H,19,20). The fourth-order valence-electron chi connectivity index (χ4n) is 1.59. The molecule has 0 aliphatic rings. The SMILES string of the molecule is O=C(Nc1ccc(OC(F)F)cc1)c1cc(Br)ccc1Cl. The van der Waals surface area contributed by atoms with E-state index in [4.69, 9.17) is 11.6 Å². The molecule has 21 heavy (non-hydrogen) atoms. The van der Waals surface area contributed by atoms with E-state index in [1.807, 2.05) is 0 Å². The van der Waals surface area contributed by atoms with E-state index in [1.54, 1.807) is 18.2 Å². The summed E-state index contributed by atoms with van der Waals surface area (Å²) < 4.78 is 29.0. The Morgan fingerprint density at radius 1 is 1.19 bits per heavy atom. The Labute approximate surface area is 133 Å². The van der Waals surface area contributed by atoms with Gasteiger partial charge in [-0.3, -0.25) is 4.79 Å². The lowest BCUT2D eigenvalue weighted by atomic mass is 10.2. The van der Waals surface area contributed by atoms with Gasteiger partial charge in [0.05, 0.1) is 10.6 Å². The average Bonchev–Trinajstić information content (AvgIpc) is 2.43. The van der Waals surface area contributed by atoms with Crippen molar-refractivity contribution in [1.29, 1.82) is 0 Å². The third kappa shape index (κ3) is 4.41. The summed E-state index contributed by atoms with van der Waals surface area (Å²) in [7, 11) is 0. The maximum absolute atomic E-state index is 12.1. The molecule has 0 aliphatic heterocycles. The Balaban J connectivity index is 2.10. The van der Waals surface area contributed by atoms with Crippen LogP contribution in [0.2, 0.25) is 5.02 Å². The molecule has 0 saturated carbocycles. The highest BCUT2D eigenvalue weighted by atomic mass is 79.9. The summed E-state index contributed by atoms with van der Waals surface area (Å²) >= 11 is 9.21. The van der Waals surface area contributed by atoms with Crippen molar-refractivity contribution in [1.82, 2.24) is 0 Å². The van der Waals surface area contributed by atoms with Gasteiger partial charge in [0.25, 0.3) is 5.91 Å². The molecule has 0 radical (unpaired) electrons. The molecule has 0 bridgehead atoms. The van der Waals surface area contributed by atoms with Crippen LogP contribution in [0, 0.1) is 0 Å². The topological polar surface area (TPSA) is 38.3 Å². The zero-order valence-electron chi connectivity index (χ0n) is 10.4. The molecule has 0 heterocycles. The molecule has 0 atom stereocenters. The molecular formula is C14H9BrClF2NO2. The third-order valence-electron chi connectivity index (χ3n) is 2.51. The van der Waals surface area contributed by atoms with Crippen molar-refractivity contribution in [2.45, 2.75) is 6.61 Å². The maximum atomic E-state index is 12.1. The highest BCUT2D eigenvalue weighted by Crippen LogP contribution is 2.23. The number of hydrogen-bond acceptors (Lipinski definition) is 2.